The zero-order valence-electron chi connectivity index (χ0n) is 9.79. The molecule has 1 heterocycles. The average Bonchev–Trinajstić information content (AvgIpc) is 2.73. The van der Waals surface area contributed by atoms with E-state index in [0.717, 1.165) is 28.6 Å². The van der Waals surface area contributed by atoms with Gasteiger partial charge in [0.05, 0.1) is 4.90 Å². The molecule has 1 aromatic carbocycles. The van der Waals surface area contributed by atoms with Gasteiger partial charge in [-0.1, -0.05) is 0 Å². The molecule has 2 unspecified atom stereocenters. The molecule has 1 saturated heterocycles. The normalized spacial score (nSPS) is 24.5. The molecule has 5 nitrogen and oxygen atoms in total. The lowest BCUT2D eigenvalue weighted by Crippen LogP contribution is -2.43. The smallest absolute Gasteiger partial charge is 0.243 e. The number of hydrogen-bond acceptors (Lipinski definition) is 3. The Morgan fingerprint density at radius 2 is 1.89 bits per heavy atom. The minimum absolute atomic E-state index is 0.200. The molecular weight excluding hydrogens is 278 g/mol. The largest absolute Gasteiger partial charge is 0.368 e. The van der Waals surface area contributed by atoms with Crippen LogP contribution in [0.4, 0.5) is 8.78 Å². The van der Waals surface area contributed by atoms with Crippen molar-refractivity contribution < 1.29 is 22.0 Å². The van der Waals surface area contributed by atoms with Gasteiger partial charge >= 0.3 is 0 Å². The van der Waals surface area contributed by atoms with Gasteiger partial charge in [-0.05, 0) is 24.3 Å². The maximum Gasteiger partial charge on any atom is 0.243 e. The molecule has 8 heteroatoms. The summed E-state index contributed by atoms with van der Waals surface area (Å²) in [6, 6.07) is 2.89. The van der Waals surface area contributed by atoms with Gasteiger partial charge in [0.15, 0.2) is 0 Å². The molecule has 0 radical (unpaired) electrons. The third kappa shape index (κ3) is 2.59. The minimum atomic E-state index is -4.06. The van der Waals surface area contributed by atoms with E-state index in [0.29, 0.717) is 0 Å². The predicted octanol–water partition coefficient (Wildman–Crippen LogP) is 0.412. The zero-order valence-corrected chi connectivity index (χ0v) is 10.6. The molecule has 2 N–H and O–H groups in total. The summed E-state index contributed by atoms with van der Waals surface area (Å²) in [6.45, 7) is -0.423. The highest BCUT2D eigenvalue weighted by Gasteiger charge is 2.43. The van der Waals surface area contributed by atoms with Crippen LogP contribution in [0.3, 0.4) is 0 Å². The number of sulfonamides is 1. The van der Waals surface area contributed by atoms with Crippen molar-refractivity contribution in [2.45, 2.75) is 23.5 Å². The van der Waals surface area contributed by atoms with E-state index in [9.17, 15) is 22.0 Å². The van der Waals surface area contributed by atoms with Crippen LogP contribution in [0.2, 0.25) is 0 Å². The van der Waals surface area contributed by atoms with E-state index in [1.54, 1.807) is 0 Å². The third-order valence-corrected chi connectivity index (χ3v) is 4.84. The highest BCUT2D eigenvalue weighted by Crippen LogP contribution is 2.27. The molecule has 0 spiro atoms. The standard InChI is InChI=1S/C11H12F2N2O3S/c12-7-1-3-9(4-2-7)19(17,18)15-6-8(13)5-10(15)11(14)16/h1-4,8,10H,5-6H2,(H2,14,16). The number of rotatable bonds is 3. The Morgan fingerprint density at radius 3 is 2.42 bits per heavy atom. The second-order valence-electron chi connectivity index (χ2n) is 4.28. The highest BCUT2D eigenvalue weighted by atomic mass is 32.2. The van der Waals surface area contributed by atoms with Crippen LogP contribution in [0.1, 0.15) is 6.42 Å². The Hall–Kier alpha value is -1.54. The number of alkyl halides is 1. The van der Waals surface area contributed by atoms with Crippen LogP contribution in [0.15, 0.2) is 29.2 Å². The number of benzene rings is 1. The molecule has 1 aliphatic rings. The Labute approximate surface area is 109 Å². The average molecular weight is 290 g/mol. The van der Waals surface area contributed by atoms with E-state index in [1.165, 1.54) is 0 Å². The van der Waals surface area contributed by atoms with E-state index in [1.807, 2.05) is 0 Å². The van der Waals surface area contributed by atoms with Crippen molar-refractivity contribution in [1.29, 1.82) is 0 Å². The van der Waals surface area contributed by atoms with Crippen molar-refractivity contribution >= 4 is 15.9 Å². The Kier molecular flexibility index (Phi) is 3.55. The van der Waals surface area contributed by atoms with Crippen molar-refractivity contribution in [3.05, 3.63) is 30.1 Å². The first-order chi connectivity index (χ1) is 8.82. The van der Waals surface area contributed by atoms with Gasteiger partial charge in [-0.3, -0.25) is 4.79 Å². The van der Waals surface area contributed by atoms with E-state index in [2.05, 4.69) is 0 Å². The number of nitrogens with two attached hydrogens (primary N) is 1. The lowest BCUT2D eigenvalue weighted by molar-refractivity contribution is -0.121. The van der Waals surface area contributed by atoms with Crippen LogP contribution in [-0.2, 0) is 14.8 Å². The third-order valence-electron chi connectivity index (χ3n) is 2.95. The predicted molar refractivity (Wildman–Crippen MR) is 62.8 cm³/mol. The summed E-state index contributed by atoms with van der Waals surface area (Å²) in [5, 5.41) is 0. The number of nitrogens with zero attached hydrogens (tertiary/aromatic N) is 1. The van der Waals surface area contributed by atoms with Crippen LogP contribution < -0.4 is 5.73 Å². The van der Waals surface area contributed by atoms with Gasteiger partial charge in [-0.2, -0.15) is 4.31 Å². The topological polar surface area (TPSA) is 80.5 Å². The molecule has 1 aliphatic heterocycles. The molecule has 2 rings (SSSR count). The minimum Gasteiger partial charge on any atom is -0.368 e. The lowest BCUT2D eigenvalue weighted by atomic mass is 10.2. The number of hydrogen-bond donors (Lipinski definition) is 1. The number of primary amides is 1. The number of carbonyl (C=O) groups is 1. The van der Waals surface area contributed by atoms with Crippen LogP contribution in [0.5, 0.6) is 0 Å². The fourth-order valence-corrected chi connectivity index (χ4v) is 3.66. The molecule has 0 bridgehead atoms. The van der Waals surface area contributed by atoms with Gasteiger partial charge in [0.2, 0.25) is 15.9 Å². The van der Waals surface area contributed by atoms with Gasteiger partial charge in [-0.25, -0.2) is 17.2 Å². The van der Waals surface area contributed by atoms with Crippen LogP contribution >= 0.6 is 0 Å². The van der Waals surface area contributed by atoms with Gasteiger partial charge in [0, 0.05) is 13.0 Å². The van der Waals surface area contributed by atoms with E-state index < -0.39 is 40.5 Å². The molecule has 1 aromatic rings. The van der Waals surface area contributed by atoms with E-state index >= 15 is 0 Å². The van der Waals surface area contributed by atoms with Crippen molar-refractivity contribution in [2.24, 2.45) is 5.73 Å². The first-order valence-electron chi connectivity index (χ1n) is 5.53. The number of halogens is 2. The molecule has 0 aliphatic carbocycles. The summed E-state index contributed by atoms with van der Waals surface area (Å²) in [5.41, 5.74) is 5.08. The van der Waals surface area contributed by atoms with Crippen molar-refractivity contribution in [3.8, 4) is 0 Å². The van der Waals surface area contributed by atoms with Crippen LogP contribution in [0.25, 0.3) is 0 Å². The summed E-state index contributed by atoms with van der Waals surface area (Å²) in [4.78, 5) is 11.0. The van der Waals surface area contributed by atoms with Gasteiger partial charge in [-0.15, -0.1) is 0 Å². The molecule has 0 aromatic heterocycles. The molecule has 2 atom stereocenters. The van der Waals surface area contributed by atoms with Crippen molar-refractivity contribution in [3.63, 3.8) is 0 Å². The second-order valence-corrected chi connectivity index (χ2v) is 6.17. The van der Waals surface area contributed by atoms with Crippen LogP contribution in [0, 0.1) is 5.82 Å². The van der Waals surface area contributed by atoms with E-state index in [-0.39, 0.29) is 11.3 Å². The number of amides is 1. The van der Waals surface area contributed by atoms with Crippen LogP contribution in [-0.4, -0.2) is 37.4 Å². The fraction of sp³-hybridized carbons (Fsp3) is 0.364. The second kappa shape index (κ2) is 4.86. The summed E-state index contributed by atoms with van der Waals surface area (Å²) >= 11 is 0. The van der Waals surface area contributed by atoms with Crippen molar-refractivity contribution in [1.82, 2.24) is 4.31 Å². The summed E-state index contributed by atoms with van der Waals surface area (Å²) in [5.74, 6) is -1.49. The summed E-state index contributed by atoms with van der Waals surface area (Å²) < 4.78 is 51.3. The van der Waals surface area contributed by atoms with E-state index in [4.69, 9.17) is 5.73 Å². The maximum atomic E-state index is 13.3. The molecule has 0 saturated carbocycles. The first-order valence-corrected chi connectivity index (χ1v) is 6.97. The van der Waals surface area contributed by atoms with Gasteiger partial charge in [0.25, 0.3) is 0 Å². The molecule has 1 fully saturated rings. The monoisotopic (exact) mass is 290 g/mol. The molecule has 19 heavy (non-hydrogen) atoms. The highest BCUT2D eigenvalue weighted by molar-refractivity contribution is 7.89. The Bertz CT molecular complexity index is 588. The fourth-order valence-electron chi connectivity index (χ4n) is 2.02. The molecular formula is C11H12F2N2O3S. The summed E-state index contributed by atoms with van der Waals surface area (Å²) in [7, 11) is -4.06. The first kappa shape index (κ1) is 13.9. The molecule has 104 valence electrons. The molecule has 1 amide bonds. The summed E-state index contributed by atoms with van der Waals surface area (Å²) in [6.07, 6.45) is -1.69. The van der Waals surface area contributed by atoms with Gasteiger partial charge < -0.3 is 5.73 Å². The van der Waals surface area contributed by atoms with Crippen molar-refractivity contribution in [2.75, 3.05) is 6.54 Å². The quantitative estimate of drug-likeness (QED) is 0.875. The maximum absolute atomic E-state index is 13.3. The van der Waals surface area contributed by atoms with Gasteiger partial charge in [0.1, 0.15) is 18.0 Å². The zero-order chi connectivity index (χ0) is 14.2. The number of carbonyl (C=O) groups excluding carboxylic acids is 1. The Balaban J connectivity index is 2.38. The lowest BCUT2D eigenvalue weighted by Gasteiger charge is -2.21. The Morgan fingerprint density at radius 1 is 1.32 bits per heavy atom. The SMILES string of the molecule is NC(=O)C1CC(F)CN1S(=O)(=O)c1ccc(F)cc1.